The van der Waals surface area contributed by atoms with Crippen LogP contribution in [0.4, 0.5) is 4.39 Å². The quantitative estimate of drug-likeness (QED) is 0.565. The van der Waals surface area contributed by atoms with Crippen molar-refractivity contribution in [1.29, 1.82) is 0 Å². The van der Waals surface area contributed by atoms with E-state index in [1.54, 1.807) is 12.3 Å². The van der Waals surface area contributed by atoms with Gasteiger partial charge in [0, 0.05) is 17.1 Å². The highest BCUT2D eigenvalue weighted by Gasteiger charge is 2.07. The predicted octanol–water partition coefficient (Wildman–Crippen LogP) is 3.92. The summed E-state index contributed by atoms with van der Waals surface area (Å²) < 4.78 is 13.2. The van der Waals surface area contributed by atoms with E-state index in [4.69, 9.17) is 0 Å². The van der Waals surface area contributed by atoms with E-state index in [0.717, 1.165) is 27.8 Å². The van der Waals surface area contributed by atoms with Crippen LogP contribution in [0.3, 0.4) is 0 Å². The molecule has 0 atom stereocenters. The van der Waals surface area contributed by atoms with Gasteiger partial charge in [0.1, 0.15) is 11.6 Å². The lowest BCUT2D eigenvalue weighted by Gasteiger charge is -1.99. The van der Waals surface area contributed by atoms with Gasteiger partial charge in [-0.25, -0.2) is 9.37 Å². The highest BCUT2D eigenvalue weighted by Crippen LogP contribution is 2.24. The van der Waals surface area contributed by atoms with Gasteiger partial charge in [-0.15, -0.1) is 0 Å². The smallest absolute Gasteiger partial charge is 0.138 e. The summed E-state index contributed by atoms with van der Waals surface area (Å²) in [5, 5.41) is 1.05. The average Bonchev–Trinajstić information content (AvgIpc) is 2.89. The molecule has 4 aromatic rings. The lowest BCUT2D eigenvalue weighted by atomic mass is 10.1. The second-order valence-corrected chi connectivity index (χ2v) is 4.66. The van der Waals surface area contributed by atoms with Crippen molar-refractivity contribution >= 4 is 21.9 Å². The fourth-order valence-corrected chi connectivity index (χ4v) is 2.34. The minimum absolute atomic E-state index is 0.268. The molecule has 2 aromatic heterocycles. The molecule has 0 aliphatic carbocycles. The van der Waals surface area contributed by atoms with Crippen LogP contribution in [0.1, 0.15) is 0 Å². The number of nitrogens with one attached hydrogen (secondary N) is 1. The zero-order valence-corrected chi connectivity index (χ0v) is 10.5. The minimum atomic E-state index is -0.268. The number of imidazole rings is 1. The molecule has 1 N–H and O–H groups in total. The van der Waals surface area contributed by atoms with E-state index in [0.29, 0.717) is 5.52 Å². The Balaban J connectivity index is 1.91. The summed E-state index contributed by atoms with van der Waals surface area (Å²) in [7, 11) is 0. The molecule has 0 saturated heterocycles. The third kappa shape index (κ3) is 1.73. The van der Waals surface area contributed by atoms with Crippen molar-refractivity contribution < 1.29 is 4.39 Å². The van der Waals surface area contributed by atoms with Crippen LogP contribution in [-0.2, 0) is 0 Å². The number of hydrogen-bond donors (Lipinski definition) is 1. The zero-order valence-electron chi connectivity index (χ0n) is 10.5. The molecule has 0 bridgehead atoms. The highest BCUT2D eigenvalue weighted by atomic mass is 19.1. The summed E-state index contributed by atoms with van der Waals surface area (Å²) in [6, 6.07) is 14.4. The first-order valence-electron chi connectivity index (χ1n) is 6.30. The monoisotopic (exact) mass is 263 g/mol. The third-order valence-corrected chi connectivity index (χ3v) is 3.32. The number of hydrogen-bond acceptors (Lipinski definition) is 2. The fraction of sp³-hybridized carbons (Fsp3) is 0. The van der Waals surface area contributed by atoms with Gasteiger partial charge >= 0.3 is 0 Å². The molecular weight excluding hydrogens is 253 g/mol. The fourth-order valence-electron chi connectivity index (χ4n) is 2.34. The Labute approximate surface area is 114 Å². The molecule has 0 radical (unpaired) electrons. The number of fused-ring (bicyclic) bond motifs is 2. The van der Waals surface area contributed by atoms with Crippen molar-refractivity contribution in [1.82, 2.24) is 15.0 Å². The van der Waals surface area contributed by atoms with Gasteiger partial charge in [-0.3, -0.25) is 4.98 Å². The SMILES string of the molecule is Fc1ccc2nc(-c3ccc4ncccc4c3)[nH]c2c1. The molecule has 2 heterocycles. The van der Waals surface area contributed by atoms with Crippen molar-refractivity contribution in [3.63, 3.8) is 0 Å². The maximum absolute atomic E-state index is 13.2. The van der Waals surface area contributed by atoms with Crippen LogP contribution in [-0.4, -0.2) is 15.0 Å². The first kappa shape index (κ1) is 11.1. The van der Waals surface area contributed by atoms with Crippen LogP contribution in [0.5, 0.6) is 0 Å². The number of benzene rings is 2. The maximum Gasteiger partial charge on any atom is 0.138 e. The molecule has 0 spiro atoms. The Hall–Kier alpha value is -2.75. The van der Waals surface area contributed by atoms with E-state index in [1.165, 1.54) is 12.1 Å². The molecule has 0 amide bonds. The van der Waals surface area contributed by atoms with Crippen LogP contribution < -0.4 is 0 Å². The van der Waals surface area contributed by atoms with Crippen molar-refractivity contribution in [3.05, 3.63) is 60.5 Å². The Morgan fingerprint density at radius 2 is 1.85 bits per heavy atom. The minimum Gasteiger partial charge on any atom is -0.338 e. The summed E-state index contributed by atoms with van der Waals surface area (Å²) in [5.41, 5.74) is 3.36. The second kappa shape index (κ2) is 4.13. The molecule has 4 heteroatoms. The van der Waals surface area contributed by atoms with Crippen molar-refractivity contribution in [2.45, 2.75) is 0 Å². The zero-order chi connectivity index (χ0) is 13.5. The van der Waals surface area contributed by atoms with Crippen LogP contribution in [0.2, 0.25) is 0 Å². The summed E-state index contributed by atoms with van der Waals surface area (Å²) in [4.78, 5) is 11.9. The van der Waals surface area contributed by atoms with Crippen molar-refractivity contribution in [2.24, 2.45) is 0 Å². The number of aromatic nitrogens is 3. The largest absolute Gasteiger partial charge is 0.338 e. The first-order valence-corrected chi connectivity index (χ1v) is 6.30. The molecule has 96 valence electrons. The second-order valence-electron chi connectivity index (χ2n) is 4.66. The summed E-state index contributed by atoms with van der Waals surface area (Å²) in [5.74, 6) is 0.465. The van der Waals surface area contributed by atoms with E-state index in [-0.39, 0.29) is 5.82 Å². The molecule has 0 saturated carbocycles. The lowest BCUT2D eigenvalue weighted by Crippen LogP contribution is -1.82. The van der Waals surface area contributed by atoms with Gasteiger partial charge in [-0.1, -0.05) is 6.07 Å². The predicted molar refractivity (Wildman–Crippen MR) is 76.8 cm³/mol. The Morgan fingerprint density at radius 3 is 2.80 bits per heavy atom. The summed E-state index contributed by atoms with van der Waals surface area (Å²) in [6.45, 7) is 0. The first-order chi connectivity index (χ1) is 9.79. The molecule has 2 aromatic carbocycles. The topological polar surface area (TPSA) is 41.6 Å². The Morgan fingerprint density at radius 1 is 0.950 bits per heavy atom. The molecule has 0 aliphatic heterocycles. The molecule has 0 aliphatic rings. The van der Waals surface area contributed by atoms with Gasteiger partial charge in [-0.05, 0) is 42.5 Å². The molecule has 20 heavy (non-hydrogen) atoms. The molecular formula is C16H10FN3. The van der Waals surface area contributed by atoms with E-state index < -0.39 is 0 Å². The number of H-pyrrole nitrogens is 1. The molecule has 3 nitrogen and oxygen atoms in total. The number of nitrogens with zero attached hydrogens (tertiary/aromatic N) is 2. The number of rotatable bonds is 1. The van der Waals surface area contributed by atoms with Gasteiger partial charge in [-0.2, -0.15) is 0 Å². The van der Waals surface area contributed by atoms with E-state index in [2.05, 4.69) is 15.0 Å². The van der Waals surface area contributed by atoms with Crippen LogP contribution in [0.25, 0.3) is 33.3 Å². The lowest BCUT2D eigenvalue weighted by molar-refractivity contribution is 0.629. The standard InChI is InChI=1S/C16H10FN3/c17-12-4-6-14-15(9-12)20-16(19-14)11-3-5-13-10(8-11)2-1-7-18-13/h1-9H,(H,19,20). The normalized spacial score (nSPS) is 11.2. The van der Waals surface area contributed by atoms with Crippen LogP contribution in [0.15, 0.2) is 54.7 Å². The number of aromatic amines is 1. The van der Waals surface area contributed by atoms with E-state index >= 15 is 0 Å². The van der Waals surface area contributed by atoms with Gasteiger partial charge in [0.25, 0.3) is 0 Å². The van der Waals surface area contributed by atoms with Gasteiger partial charge in [0.2, 0.25) is 0 Å². The van der Waals surface area contributed by atoms with Crippen LogP contribution >= 0.6 is 0 Å². The van der Waals surface area contributed by atoms with Gasteiger partial charge < -0.3 is 4.98 Å². The molecule has 0 unspecified atom stereocenters. The summed E-state index contributed by atoms with van der Waals surface area (Å²) in [6.07, 6.45) is 1.77. The molecule has 4 rings (SSSR count). The third-order valence-electron chi connectivity index (χ3n) is 3.32. The van der Waals surface area contributed by atoms with Gasteiger partial charge in [0.05, 0.1) is 16.6 Å². The highest BCUT2D eigenvalue weighted by molar-refractivity contribution is 5.85. The van der Waals surface area contributed by atoms with Crippen molar-refractivity contribution in [2.75, 3.05) is 0 Å². The number of halogens is 1. The molecule has 0 fully saturated rings. The van der Waals surface area contributed by atoms with Crippen LogP contribution in [0, 0.1) is 5.82 Å². The van der Waals surface area contributed by atoms with Crippen molar-refractivity contribution in [3.8, 4) is 11.4 Å². The average molecular weight is 263 g/mol. The maximum atomic E-state index is 13.2. The Kier molecular flexibility index (Phi) is 2.29. The van der Waals surface area contributed by atoms with Gasteiger partial charge in [0.15, 0.2) is 0 Å². The van der Waals surface area contributed by atoms with E-state index in [1.807, 2.05) is 30.3 Å². The Bertz CT molecular complexity index is 927. The van der Waals surface area contributed by atoms with E-state index in [9.17, 15) is 4.39 Å². The number of pyridine rings is 1. The summed E-state index contributed by atoms with van der Waals surface area (Å²) >= 11 is 0.